The maximum atomic E-state index is 2.44. The van der Waals surface area contributed by atoms with Crippen LogP contribution < -0.4 is 24.8 Å². The predicted octanol–water partition coefficient (Wildman–Crippen LogP) is 0.863. The van der Waals surface area contributed by atoms with E-state index in [2.05, 4.69) is 107 Å². The molecule has 0 aromatic heterocycles. The number of hydrogen-bond acceptors (Lipinski definition) is 0. The Balaban J connectivity index is 0.00000160. The molecule has 4 rings (SSSR count). The second kappa shape index (κ2) is 10.4. The van der Waals surface area contributed by atoms with Crippen molar-refractivity contribution in [3.05, 3.63) is 116 Å². The molecule has 0 nitrogen and oxygen atoms in total. The van der Waals surface area contributed by atoms with Crippen LogP contribution in [0.4, 0.5) is 0 Å². The van der Waals surface area contributed by atoms with E-state index in [4.69, 9.17) is 0 Å². The van der Waals surface area contributed by atoms with Gasteiger partial charge < -0.3 is 24.8 Å². The molecule has 2 aliphatic carbocycles. The van der Waals surface area contributed by atoms with Crippen molar-refractivity contribution in [2.75, 3.05) is 0 Å². The molecule has 0 N–H and O–H groups in total. The predicted molar refractivity (Wildman–Crippen MR) is 117 cm³/mol. The molecule has 0 saturated heterocycles. The van der Waals surface area contributed by atoms with Crippen molar-refractivity contribution >= 4 is 3.21 Å². The van der Waals surface area contributed by atoms with Gasteiger partial charge in [-0.3, -0.25) is 0 Å². The fourth-order valence-electron chi connectivity index (χ4n) is 4.24. The van der Waals surface area contributed by atoms with Crippen LogP contribution in [0.25, 0.3) is 0 Å². The standard InChI is InChI=1S/C14H17.C13H10.2ClH.Zr/c1-10-11(2)14(3,4)9-13(10)12-7-5-6-8-12;1-3-7-12(8-4-1)11-13-9-5-2-6-10-13;;;/h5-7H,8H2,1-4H3;1-10H;2*1H;/q;;;;+2/p-2. The van der Waals surface area contributed by atoms with Crippen LogP contribution in [0, 0.1) is 5.41 Å². The number of allylic oxidation sites excluding steroid dienone is 8. The van der Waals surface area contributed by atoms with Gasteiger partial charge in [0.1, 0.15) is 0 Å². The zero-order valence-corrected chi connectivity index (χ0v) is 21.9. The Bertz CT molecular complexity index is 1010. The summed E-state index contributed by atoms with van der Waals surface area (Å²) >= 11 is -1.02. The van der Waals surface area contributed by atoms with Gasteiger partial charge in [0.2, 0.25) is 0 Å². The van der Waals surface area contributed by atoms with Crippen LogP contribution >= 0.6 is 0 Å². The van der Waals surface area contributed by atoms with E-state index in [1.54, 1.807) is 17.6 Å². The summed E-state index contributed by atoms with van der Waals surface area (Å²) < 4.78 is 3.31. The van der Waals surface area contributed by atoms with Crippen LogP contribution in [-0.4, -0.2) is 3.21 Å². The molecule has 0 radical (unpaired) electrons. The Morgan fingerprint density at radius 3 is 1.83 bits per heavy atom. The van der Waals surface area contributed by atoms with Gasteiger partial charge in [0, 0.05) is 0 Å². The monoisotopic (exact) mass is 511 g/mol. The van der Waals surface area contributed by atoms with Gasteiger partial charge in [-0.25, -0.2) is 0 Å². The normalized spacial score (nSPS) is 16.6. The maximum Gasteiger partial charge on any atom is -1.00 e. The molecule has 0 amide bonds. The third-order valence-corrected chi connectivity index (χ3v) is 11.0. The summed E-state index contributed by atoms with van der Waals surface area (Å²) in [6, 6.07) is 22.1. The van der Waals surface area contributed by atoms with E-state index in [0.717, 1.165) is 6.42 Å². The van der Waals surface area contributed by atoms with Gasteiger partial charge in [0.05, 0.1) is 0 Å². The molecule has 0 heterocycles. The van der Waals surface area contributed by atoms with Crippen molar-refractivity contribution in [3.63, 3.8) is 0 Å². The molecule has 0 atom stereocenters. The first-order chi connectivity index (χ1) is 13.5. The molecule has 0 fully saturated rings. The Hall–Kier alpha value is -1.27. The number of benzene rings is 2. The number of halogens is 2. The van der Waals surface area contributed by atoms with Crippen molar-refractivity contribution in [2.24, 2.45) is 5.41 Å². The van der Waals surface area contributed by atoms with Crippen LogP contribution in [0.15, 0.2) is 104 Å². The largest absolute Gasteiger partial charge is 1.00 e. The van der Waals surface area contributed by atoms with E-state index in [9.17, 15) is 0 Å². The van der Waals surface area contributed by atoms with Crippen molar-refractivity contribution in [3.8, 4) is 0 Å². The van der Waals surface area contributed by atoms with E-state index in [0.29, 0.717) is 0 Å². The Morgan fingerprint density at radius 2 is 1.37 bits per heavy atom. The second-order valence-corrected chi connectivity index (χ2v) is 11.3. The molecule has 2 aromatic carbocycles. The van der Waals surface area contributed by atoms with Gasteiger partial charge in [-0.15, -0.1) is 0 Å². The van der Waals surface area contributed by atoms with E-state index in [1.807, 2.05) is 0 Å². The van der Waals surface area contributed by atoms with Crippen molar-refractivity contribution < 1.29 is 47.6 Å². The summed E-state index contributed by atoms with van der Waals surface area (Å²) in [5, 5.41) is 0. The van der Waals surface area contributed by atoms with Gasteiger partial charge in [-0.2, -0.15) is 0 Å². The molecule has 0 unspecified atom stereocenters. The third kappa shape index (κ3) is 4.65. The average Bonchev–Trinajstić information content (AvgIpc) is 3.30. The van der Waals surface area contributed by atoms with Gasteiger partial charge in [-0.1, -0.05) is 0 Å². The SMILES string of the molecule is CC1=C(C)C(C)(C)[C]([Zr+2]=[C](c2ccccc2)c2ccccc2)=C1C1=CC=CC1.[Cl-].[Cl-]. The van der Waals surface area contributed by atoms with E-state index < -0.39 is 22.8 Å². The first-order valence-corrected chi connectivity index (χ1v) is 12.5. The van der Waals surface area contributed by atoms with Crippen molar-refractivity contribution in [2.45, 2.75) is 34.1 Å². The molecule has 0 spiro atoms. The molecular formula is C27H27Cl2Zr. The molecule has 30 heavy (non-hydrogen) atoms. The molecular weight excluding hydrogens is 486 g/mol. The minimum absolute atomic E-state index is 0. The Morgan fingerprint density at radius 1 is 0.833 bits per heavy atom. The molecule has 3 heteroatoms. The Labute approximate surface area is 204 Å². The summed E-state index contributed by atoms with van der Waals surface area (Å²) in [5.74, 6) is 0. The molecule has 153 valence electrons. The summed E-state index contributed by atoms with van der Waals surface area (Å²) in [6.45, 7) is 9.55. The van der Waals surface area contributed by atoms with Crippen LogP contribution in [0.3, 0.4) is 0 Å². The molecule has 0 aliphatic heterocycles. The van der Waals surface area contributed by atoms with Crippen LogP contribution in [-0.2, 0) is 22.8 Å². The average molecular weight is 514 g/mol. The first kappa shape index (κ1) is 25.0. The molecule has 0 bridgehead atoms. The summed E-state index contributed by atoms with van der Waals surface area (Å²) in [5.41, 5.74) is 9.08. The van der Waals surface area contributed by atoms with Gasteiger partial charge in [-0.05, 0) is 0 Å². The van der Waals surface area contributed by atoms with Crippen molar-refractivity contribution in [1.82, 2.24) is 0 Å². The van der Waals surface area contributed by atoms with Gasteiger partial charge in [0.25, 0.3) is 0 Å². The minimum Gasteiger partial charge on any atom is -1.00 e. The second-order valence-electron chi connectivity index (χ2n) is 8.18. The molecule has 2 aromatic rings. The maximum absolute atomic E-state index is 2.44. The zero-order valence-electron chi connectivity index (χ0n) is 18.0. The van der Waals surface area contributed by atoms with Crippen LogP contribution in [0.2, 0.25) is 0 Å². The van der Waals surface area contributed by atoms with E-state index in [1.165, 1.54) is 22.3 Å². The van der Waals surface area contributed by atoms with E-state index in [-0.39, 0.29) is 30.2 Å². The third-order valence-electron chi connectivity index (χ3n) is 6.22. The first-order valence-electron chi connectivity index (χ1n) is 10.0. The summed E-state index contributed by atoms with van der Waals surface area (Å²) in [7, 11) is 0. The van der Waals surface area contributed by atoms with E-state index >= 15 is 0 Å². The smallest absolute Gasteiger partial charge is 1.00 e. The topological polar surface area (TPSA) is 0 Å². The summed E-state index contributed by atoms with van der Waals surface area (Å²) in [6.07, 6.45) is 7.92. The van der Waals surface area contributed by atoms with Crippen molar-refractivity contribution in [1.29, 1.82) is 0 Å². The fraction of sp³-hybridized carbons (Fsp3) is 0.222. The van der Waals surface area contributed by atoms with Gasteiger partial charge in [0.15, 0.2) is 0 Å². The minimum atomic E-state index is -1.02. The molecule has 0 saturated carbocycles. The number of hydrogen-bond donors (Lipinski definition) is 0. The number of rotatable bonds is 4. The Kier molecular flexibility index (Phi) is 8.63. The van der Waals surface area contributed by atoms with Crippen LogP contribution in [0.1, 0.15) is 45.2 Å². The molecule has 2 aliphatic rings. The van der Waals surface area contributed by atoms with Crippen LogP contribution in [0.5, 0.6) is 0 Å². The van der Waals surface area contributed by atoms with Gasteiger partial charge >= 0.3 is 181 Å². The summed E-state index contributed by atoms with van der Waals surface area (Å²) in [4.78, 5) is 0. The quantitative estimate of drug-likeness (QED) is 0.569. The fourth-order valence-corrected chi connectivity index (χ4v) is 8.78. The zero-order chi connectivity index (χ0) is 19.7.